The minimum Gasteiger partial charge on any atom is -0.368 e. The van der Waals surface area contributed by atoms with Crippen LogP contribution in [-0.2, 0) is 19.1 Å². The first-order valence-electron chi connectivity index (χ1n) is 11.6. The normalized spacial score (nSPS) is 40.8. The second-order valence-electron chi connectivity index (χ2n) is 10.2. The highest BCUT2D eigenvalue weighted by molar-refractivity contribution is 6.21. The molecule has 3 atom stereocenters. The van der Waals surface area contributed by atoms with Gasteiger partial charge in [-0.15, -0.1) is 11.6 Å². The van der Waals surface area contributed by atoms with Crippen LogP contribution in [0.3, 0.4) is 0 Å². The second-order valence-corrected chi connectivity index (χ2v) is 10.7. The Hall–Kier alpha value is -1.06. The second kappa shape index (κ2) is 9.66. The first kappa shape index (κ1) is 24.1. The molecule has 32 heavy (non-hydrogen) atoms. The number of ether oxygens (including phenoxy) is 2. The van der Waals surface area contributed by atoms with Crippen molar-refractivity contribution in [2.45, 2.75) is 100 Å². The summed E-state index contributed by atoms with van der Waals surface area (Å²) >= 11 is 5.87. The van der Waals surface area contributed by atoms with Crippen molar-refractivity contribution >= 4 is 23.4 Å². The Labute approximate surface area is 191 Å². The lowest BCUT2D eigenvalue weighted by Gasteiger charge is -2.69. The fraction of sp³-hybridized carbons (Fsp3) is 0.909. The van der Waals surface area contributed by atoms with Crippen molar-refractivity contribution in [2.75, 3.05) is 13.2 Å². The van der Waals surface area contributed by atoms with E-state index in [4.69, 9.17) is 16.3 Å². The molecule has 10 heteroatoms. The molecule has 0 aromatic heterocycles. The van der Waals surface area contributed by atoms with Gasteiger partial charge in [0.2, 0.25) is 11.8 Å². The Morgan fingerprint density at radius 3 is 2.31 bits per heavy atom. The number of carbonyl (C=O) groups is 2. The van der Waals surface area contributed by atoms with Gasteiger partial charge in [0.15, 0.2) is 0 Å². The molecule has 5 rings (SSSR count). The van der Waals surface area contributed by atoms with Gasteiger partial charge in [-0.25, -0.2) is 4.39 Å². The van der Waals surface area contributed by atoms with Crippen LogP contribution < -0.4 is 10.6 Å². The minimum absolute atomic E-state index is 0.0163. The molecule has 0 saturated heterocycles. The van der Waals surface area contributed by atoms with Crippen molar-refractivity contribution in [1.29, 1.82) is 0 Å². The Kier molecular flexibility index (Phi) is 7.27. The van der Waals surface area contributed by atoms with Crippen LogP contribution in [0.25, 0.3) is 0 Å². The molecule has 2 amide bonds. The number of carbonyl (C=O) groups excluding carboxylic acids is 2. The van der Waals surface area contributed by atoms with Crippen LogP contribution in [0.4, 0.5) is 13.2 Å². The van der Waals surface area contributed by atoms with Gasteiger partial charge in [0, 0.05) is 18.5 Å². The molecule has 0 aliphatic heterocycles. The van der Waals surface area contributed by atoms with Crippen molar-refractivity contribution in [1.82, 2.24) is 10.6 Å². The average Bonchev–Trinajstić information content (AvgIpc) is 2.69. The summed E-state index contributed by atoms with van der Waals surface area (Å²) in [6.45, 7) is -2.29. The lowest BCUT2D eigenvalue weighted by molar-refractivity contribution is -0.185. The summed E-state index contributed by atoms with van der Waals surface area (Å²) in [7, 11) is 0. The largest absolute Gasteiger partial charge is 0.368 e. The zero-order valence-corrected chi connectivity index (χ0v) is 18.9. The highest BCUT2D eigenvalue weighted by atomic mass is 35.5. The summed E-state index contributed by atoms with van der Waals surface area (Å²) < 4.78 is 48.4. The molecule has 5 fully saturated rings. The number of nitrogens with one attached hydrogen (secondary N) is 2. The van der Waals surface area contributed by atoms with Crippen molar-refractivity contribution in [3.63, 3.8) is 0 Å². The van der Waals surface area contributed by atoms with Gasteiger partial charge in [0.25, 0.3) is 0 Å². The molecule has 0 aromatic rings. The van der Waals surface area contributed by atoms with E-state index in [-0.39, 0.29) is 48.5 Å². The van der Waals surface area contributed by atoms with Crippen molar-refractivity contribution < 1.29 is 32.2 Å². The van der Waals surface area contributed by atoms with E-state index in [9.17, 15) is 22.8 Å². The van der Waals surface area contributed by atoms with E-state index in [1.54, 1.807) is 0 Å². The highest BCUT2D eigenvalue weighted by Gasteiger charge is 2.72. The summed E-state index contributed by atoms with van der Waals surface area (Å²) in [5.41, 5.74) is -0.719. The Balaban J connectivity index is 1.10. The predicted molar refractivity (Wildman–Crippen MR) is 111 cm³/mol. The fourth-order valence-electron chi connectivity index (χ4n) is 5.92. The number of amides is 2. The number of rotatable bonds is 9. The molecular weight excluding hydrogens is 449 g/mol. The molecule has 5 aliphatic rings. The molecule has 2 N–H and O–H groups in total. The number of alkyl halides is 4. The number of hydrogen-bond donors (Lipinski definition) is 2. The van der Waals surface area contributed by atoms with Crippen LogP contribution in [0, 0.1) is 11.3 Å². The van der Waals surface area contributed by atoms with Crippen LogP contribution in [-0.4, -0.2) is 60.9 Å². The van der Waals surface area contributed by atoms with Crippen LogP contribution in [0.2, 0.25) is 0 Å². The fourth-order valence-corrected chi connectivity index (χ4v) is 6.15. The van der Waals surface area contributed by atoms with Gasteiger partial charge in [-0.2, -0.15) is 8.78 Å². The van der Waals surface area contributed by atoms with E-state index in [1.165, 1.54) is 0 Å². The predicted octanol–water partition coefficient (Wildman–Crippen LogP) is 3.45. The molecule has 2 bridgehead atoms. The summed E-state index contributed by atoms with van der Waals surface area (Å²) in [5, 5.41) is 5.54. The number of halogens is 4. The van der Waals surface area contributed by atoms with Crippen LogP contribution in [0.5, 0.6) is 0 Å². The van der Waals surface area contributed by atoms with E-state index in [2.05, 4.69) is 15.4 Å². The van der Waals surface area contributed by atoms with E-state index >= 15 is 0 Å². The molecular formula is C22H32ClF3N2O4. The third kappa shape index (κ3) is 5.36. The lowest BCUT2D eigenvalue weighted by Crippen LogP contribution is -2.78. The zero-order valence-electron chi connectivity index (χ0n) is 18.1. The van der Waals surface area contributed by atoms with Gasteiger partial charge in [0.05, 0.1) is 23.0 Å². The maximum absolute atomic E-state index is 13.7. The van der Waals surface area contributed by atoms with Crippen molar-refractivity contribution in [3.8, 4) is 0 Å². The lowest BCUT2D eigenvalue weighted by atomic mass is 9.39. The molecule has 6 nitrogen and oxygen atoms in total. The van der Waals surface area contributed by atoms with Gasteiger partial charge < -0.3 is 20.1 Å². The topological polar surface area (TPSA) is 76.7 Å². The molecule has 0 radical (unpaired) electrons. The van der Waals surface area contributed by atoms with E-state index in [0.717, 1.165) is 12.8 Å². The van der Waals surface area contributed by atoms with E-state index in [1.807, 2.05) is 0 Å². The summed E-state index contributed by atoms with van der Waals surface area (Å²) in [5.74, 6) is 0.0694. The maximum Gasteiger partial charge on any atom is 0.345 e. The molecule has 0 heterocycles. The maximum atomic E-state index is 13.7. The molecule has 182 valence electrons. The van der Waals surface area contributed by atoms with Crippen molar-refractivity contribution in [3.05, 3.63) is 0 Å². The highest BCUT2D eigenvalue weighted by Crippen LogP contribution is 2.67. The molecule has 5 saturated carbocycles. The standard InChI is InChI=1S/C22H32ClF3N2O4/c23-16-6-5-15(7-17(16)24)31-9-18(29)28-22-10-21(11-22,12-22)19(30)27-8-13-1-3-14(4-2-13)32-20(25)26/h13-17,20H,1-12H2,(H,27,30)(H,28,29). The van der Waals surface area contributed by atoms with Gasteiger partial charge in [-0.1, -0.05) is 0 Å². The zero-order chi connectivity index (χ0) is 22.9. The first-order chi connectivity index (χ1) is 15.2. The summed E-state index contributed by atoms with van der Waals surface area (Å²) in [6, 6.07) is 0. The van der Waals surface area contributed by atoms with E-state index in [0.29, 0.717) is 51.5 Å². The monoisotopic (exact) mass is 480 g/mol. The van der Waals surface area contributed by atoms with Crippen LogP contribution >= 0.6 is 11.6 Å². The molecule has 0 aromatic carbocycles. The van der Waals surface area contributed by atoms with E-state index < -0.39 is 23.6 Å². The molecule has 0 spiro atoms. The quantitative estimate of drug-likeness (QED) is 0.496. The van der Waals surface area contributed by atoms with Gasteiger partial charge in [-0.3, -0.25) is 9.59 Å². The first-order valence-corrected chi connectivity index (χ1v) is 12.0. The SMILES string of the molecule is O=C(COC1CCC(Cl)C(F)C1)NC12CC(C(=O)NCC3CCC(OC(F)F)CC3)(C1)C2. The summed E-state index contributed by atoms with van der Waals surface area (Å²) in [4.78, 5) is 24.9. The molecule has 3 unspecified atom stereocenters. The Morgan fingerprint density at radius 2 is 1.69 bits per heavy atom. The third-order valence-electron chi connectivity index (χ3n) is 7.65. The van der Waals surface area contributed by atoms with Gasteiger partial charge >= 0.3 is 6.61 Å². The Morgan fingerprint density at radius 1 is 1.03 bits per heavy atom. The van der Waals surface area contributed by atoms with Crippen LogP contribution in [0.1, 0.15) is 64.2 Å². The molecule has 5 aliphatic carbocycles. The summed E-state index contributed by atoms with van der Waals surface area (Å²) in [6.07, 6.45) is 4.21. The smallest absolute Gasteiger partial charge is 0.345 e. The van der Waals surface area contributed by atoms with Crippen LogP contribution in [0.15, 0.2) is 0 Å². The van der Waals surface area contributed by atoms with Gasteiger partial charge in [0.1, 0.15) is 12.8 Å². The third-order valence-corrected chi connectivity index (χ3v) is 8.14. The number of hydrogen-bond acceptors (Lipinski definition) is 4. The van der Waals surface area contributed by atoms with Gasteiger partial charge in [-0.05, 0) is 63.7 Å². The minimum atomic E-state index is -2.73. The van der Waals surface area contributed by atoms with Crippen molar-refractivity contribution in [2.24, 2.45) is 11.3 Å². The average molecular weight is 481 g/mol. The Bertz CT molecular complexity index is 685.